The normalized spacial score (nSPS) is 10.6. The van der Waals surface area contributed by atoms with E-state index in [0.717, 1.165) is 5.56 Å². The number of rotatable bonds is 3. The fraction of sp³-hybridized carbons (Fsp3) is 0.0833. The molecule has 0 saturated heterocycles. The second kappa shape index (κ2) is 7.61. The molecule has 6 nitrogen and oxygen atoms in total. The van der Waals surface area contributed by atoms with E-state index in [1.807, 2.05) is 0 Å². The Balaban J connectivity index is 0.000000677. The van der Waals surface area contributed by atoms with Crippen molar-refractivity contribution in [2.75, 3.05) is 0 Å². The number of alkyl halides is 3. The summed E-state index contributed by atoms with van der Waals surface area (Å²) in [7, 11) is 0. The van der Waals surface area contributed by atoms with Crippen LogP contribution in [-0.2, 0) is 9.59 Å². The largest absolute Gasteiger partial charge is 0.573 e. The van der Waals surface area contributed by atoms with Gasteiger partial charge in [-0.05, 0) is 23.8 Å². The van der Waals surface area contributed by atoms with Gasteiger partial charge in [0.1, 0.15) is 11.4 Å². The molecule has 0 unspecified atom stereocenters. The van der Waals surface area contributed by atoms with Crippen LogP contribution in [0.2, 0.25) is 0 Å². The lowest BCUT2D eigenvalue weighted by molar-refractivity contribution is -0.274. The van der Waals surface area contributed by atoms with Gasteiger partial charge < -0.3 is 4.74 Å². The van der Waals surface area contributed by atoms with Crippen LogP contribution in [0.15, 0.2) is 30.5 Å². The van der Waals surface area contributed by atoms with Gasteiger partial charge in [-0.1, -0.05) is 18.2 Å². The van der Waals surface area contributed by atoms with Crippen molar-refractivity contribution in [3.8, 4) is 5.75 Å². The highest BCUT2D eigenvalue weighted by molar-refractivity contribution is 5.67. The number of carbonyl (C=O) groups excluding carboxylic acids is 2. The lowest BCUT2D eigenvalue weighted by atomic mass is 10.2. The molecular weight excluding hydrogens is 291 g/mol. The maximum absolute atomic E-state index is 11.9. The van der Waals surface area contributed by atoms with Gasteiger partial charge in [-0.3, -0.25) is 0 Å². The molecule has 0 aliphatic heterocycles. The minimum absolute atomic E-state index is 0.249. The fourth-order valence-electron chi connectivity index (χ4n) is 1.25. The summed E-state index contributed by atoms with van der Waals surface area (Å²) in [5.74, 6) is -0.249. The second-order valence-electron chi connectivity index (χ2n) is 3.43. The van der Waals surface area contributed by atoms with Crippen LogP contribution in [0.1, 0.15) is 11.3 Å². The summed E-state index contributed by atoms with van der Waals surface area (Å²) in [6.45, 7) is 0. The van der Waals surface area contributed by atoms with Gasteiger partial charge in [0.05, 0.1) is 6.20 Å². The van der Waals surface area contributed by atoms with E-state index in [0.29, 0.717) is 5.69 Å². The Morgan fingerprint density at radius 1 is 1.14 bits per heavy atom. The summed E-state index contributed by atoms with van der Waals surface area (Å²) in [4.78, 5) is 16.2. The van der Waals surface area contributed by atoms with Gasteiger partial charge in [0.2, 0.25) is 0 Å². The predicted molar refractivity (Wildman–Crippen MR) is 63.4 cm³/mol. The number of ether oxygens (including phenoxy) is 1. The maximum Gasteiger partial charge on any atom is 0.573 e. The first-order valence-corrected chi connectivity index (χ1v) is 5.33. The first-order valence-electron chi connectivity index (χ1n) is 5.33. The van der Waals surface area contributed by atoms with E-state index in [2.05, 4.69) is 20.1 Å². The SMILES string of the molecule is FC(F)(F)Oc1ccc(C=Cc2cn[nH]n2)cc1.O=C=O. The Hall–Kier alpha value is -2.93. The monoisotopic (exact) mass is 299 g/mol. The average Bonchev–Trinajstić information content (AvgIpc) is 2.90. The number of hydrogen-bond acceptors (Lipinski definition) is 5. The molecule has 0 aliphatic carbocycles. The lowest BCUT2D eigenvalue weighted by Crippen LogP contribution is -2.16. The molecule has 1 heterocycles. The van der Waals surface area contributed by atoms with E-state index < -0.39 is 6.36 Å². The van der Waals surface area contributed by atoms with Crippen molar-refractivity contribution in [2.45, 2.75) is 6.36 Å². The van der Waals surface area contributed by atoms with E-state index in [4.69, 9.17) is 9.59 Å². The van der Waals surface area contributed by atoms with Gasteiger partial charge in [-0.25, -0.2) is 0 Å². The van der Waals surface area contributed by atoms with Gasteiger partial charge in [0.15, 0.2) is 0 Å². The van der Waals surface area contributed by atoms with Crippen LogP contribution in [0.3, 0.4) is 0 Å². The van der Waals surface area contributed by atoms with Crippen molar-refractivity contribution in [1.82, 2.24) is 15.4 Å². The molecule has 0 spiro atoms. The highest BCUT2D eigenvalue weighted by atomic mass is 19.4. The first kappa shape index (κ1) is 16.1. The number of halogens is 3. The van der Waals surface area contributed by atoms with Gasteiger partial charge in [0.25, 0.3) is 0 Å². The Bertz CT molecular complexity index is 601. The summed E-state index contributed by atoms with van der Waals surface area (Å²) in [6.07, 6.45) is 0.494. The highest BCUT2D eigenvalue weighted by Crippen LogP contribution is 2.23. The maximum atomic E-state index is 11.9. The lowest BCUT2D eigenvalue weighted by Gasteiger charge is -2.08. The quantitative estimate of drug-likeness (QED) is 0.940. The zero-order valence-corrected chi connectivity index (χ0v) is 10.3. The molecule has 2 aromatic rings. The summed E-state index contributed by atoms with van der Waals surface area (Å²) < 4.78 is 39.5. The van der Waals surface area contributed by atoms with Crippen molar-refractivity contribution in [3.63, 3.8) is 0 Å². The highest BCUT2D eigenvalue weighted by Gasteiger charge is 2.30. The van der Waals surface area contributed by atoms with E-state index in [-0.39, 0.29) is 11.9 Å². The van der Waals surface area contributed by atoms with Crippen molar-refractivity contribution in [3.05, 3.63) is 41.7 Å². The number of benzene rings is 1. The standard InChI is InChI=1S/C11H8F3N3O.CO2/c12-11(13,14)18-10-5-2-8(3-6-10)1-4-9-7-15-17-16-9;2-1-3/h1-7H,(H,15,16,17);. The molecule has 0 bridgehead atoms. The number of hydrogen-bond donors (Lipinski definition) is 1. The zero-order chi connectivity index (χ0) is 15.7. The molecule has 2 rings (SSSR count). The predicted octanol–water partition coefficient (Wildman–Crippen LogP) is 2.29. The molecule has 110 valence electrons. The van der Waals surface area contributed by atoms with Gasteiger partial charge >= 0.3 is 12.5 Å². The molecule has 0 saturated carbocycles. The zero-order valence-electron chi connectivity index (χ0n) is 10.3. The van der Waals surface area contributed by atoms with Crippen LogP contribution in [0.5, 0.6) is 5.75 Å². The number of nitrogens with zero attached hydrogens (tertiary/aromatic N) is 2. The van der Waals surface area contributed by atoms with Crippen LogP contribution in [0.4, 0.5) is 13.2 Å². The first-order chi connectivity index (χ1) is 9.94. The Morgan fingerprint density at radius 2 is 1.76 bits per heavy atom. The smallest absolute Gasteiger partial charge is 0.406 e. The van der Waals surface area contributed by atoms with Gasteiger partial charge in [0, 0.05) is 0 Å². The minimum atomic E-state index is -4.67. The van der Waals surface area contributed by atoms with E-state index >= 15 is 0 Å². The van der Waals surface area contributed by atoms with Gasteiger partial charge in [-0.15, -0.1) is 13.2 Å². The summed E-state index contributed by atoms with van der Waals surface area (Å²) in [6, 6.07) is 5.52. The Kier molecular flexibility index (Phi) is 5.84. The topological polar surface area (TPSA) is 84.9 Å². The fourth-order valence-corrected chi connectivity index (χ4v) is 1.25. The molecule has 21 heavy (non-hydrogen) atoms. The van der Waals surface area contributed by atoms with Crippen LogP contribution < -0.4 is 4.74 Å². The number of nitrogens with one attached hydrogen (secondary N) is 1. The van der Waals surface area contributed by atoms with Crippen LogP contribution in [0, 0.1) is 0 Å². The Labute approximate surface area is 116 Å². The number of H-pyrrole nitrogens is 1. The van der Waals surface area contributed by atoms with Crippen LogP contribution in [0.25, 0.3) is 12.2 Å². The van der Waals surface area contributed by atoms with Crippen molar-refractivity contribution in [1.29, 1.82) is 0 Å². The molecule has 1 N–H and O–H groups in total. The van der Waals surface area contributed by atoms with E-state index in [9.17, 15) is 13.2 Å². The summed E-state index contributed by atoms with van der Waals surface area (Å²) >= 11 is 0. The molecule has 9 heteroatoms. The third kappa shape index (κ3) is 6.69. The van der Waals surface area contributed by atoms with E-state index in [1.54, 1.807) is 12.2 Å². The molecule has 1 aromatic carbocycles. The van der Waals surface area contributed by atoms with Crippen molar-refractivity contribution < 1.29 is 27.5 Å². The summed E-state index contributed by atoms with van der Waals surface area (Å²) in [5.41, 5.74) is 1.36. The molecule has 0 atom stereocenters. The second-order valence-corrected chi connectivity index (χ2v) is 3.43. The van der Waals surface area contributed by atoms with Crippen LogP contribution in [-0.4, -0.2) is 27.9 Å². The van der Waals surface area contributed by atoms with Crippen molar-refractivity contribution in [2.24, 2.45) is 0 Å². The van der Waals surface area contributed by atoms with Gasteiger partial charge in [-0.2, -0.15) is 25.0 Å². The Morgan fingerprint density at radius 3 is 2.24 bits per heavy atom. The third-order valence-electron chi connectivity index (χ3n) is 1.99. The number of aromatic amines is 1. The minimum Gasteiger partial charge on any atom is -0.406 e. The summed E-state index contributed by atoms with van der Waals surface area (Å²) in [5, 5.41) is 9.86. The number of aromatic nitrogens is 3. The molecule has 0 aliphatic rings. The molecule has 0 radical (unpaired) electrons. The van der Waals surface area contributed by atoms with Crippen LogP contribution >= 0.6 is 0 Å². The molecule has 1 aromatic heterocycles. The van der Waals surface area contributed by atoms with Crippen molar-refractivity contribution >= 4 is 18.3 Å². The molecule has 0 fully saturated rings. The third-order valence-corrected chi connectivity index (χ3v) is 1.99. The molecular formula is C12H8F3N3O3. The molecule has 0 amide bonds. The van der Waals surface area contributed by atoms with E-state index in [1.165, 1.54) is 30.5 Å². The average molecular weight is 299 g/mol.